The summed E-state index contributed by atoms with van der Waals surface area (Å²) in [6.07, 6.45) is 1.13. The molecule has 3 aromatic carbocycles. The number of hydrogen-bond donors (Lipinski definition) is 1. The van der Waals surface area contributed by atoms with E-state index in [0.717, 1.165) is 28.2 Å². The highest BCUT2D eigenvalue weighted by atomic mass is 19.1. The van der Waals surface area contributed by atoms with Crippen molar-refractivity contribution in [3.05, 3.63) is 94.8 Å². The van der Waals surface area contributed by atoms with Gasteiger partial charge >= 0.3 is 5.97 Å². The summed E-state index contributed by atoms with van der Waals surface area (Å²) in [5, 5.41) is 9.39. The van der Waals surface area contributed by atoms with Crippen molar-refractivity contribution < 1.29 is 28.6 Å². The lowest BCUT2D eigenvalue weighted by molar-refractivity contribution is -0.144. The van der Waals surface area contributed by atoms with E-state index in [0.29, 0.717) is 18.4 Å². The number of hydrogen-bond acceptors (Lipinski definition) is 4. The van der Waals surface area contributed by atoms with Crippen molar-refractivity contribution in [2.45, 2.75) is 58.3 Å². The van der Waals surface area contributed by atoms with Crippen molar-refractivity contribution in [1.82, 2.24) is 4.90 Å². The molecule has 1 aliphatic rings. The number of carbonyl (C=O) groups is 2. The molecule has 0 bridgehead atoms. The topological polar surface area (TPSA) is 76.1 Å². The lowest BCUT2D eigenvalue weighted by Crippen LogP contribution is -2.36. The number of nitrogens with zero attached hydrogens (tertiary/aromatic N) is 1. The van der Waals surface area contributed by atoms with Crippen molar-refractivity contribution >= 4 is 11.9 Å². The van der Waals surface area contributed by atoms with E-state index < -0.39 is 18.1 Å². The minimum Gasteiger partial charge on any atom is -0.491 e. The summed E-state index contributed by atoms with van der Waals surface area (Å²) in [4.78, 5) is 25.9. The fourth-order valence-electron chi connectivity index (χ4n) is 4.68. The molecule has 0 saturated heterocycles. The predicted octanol–water partition coefficient (Wildman–Crippen LogP) is 5.21. The fraction of sp³-hybridized carbons (Fsp3) is 0.333. The number of carboxylic acids is 1. The highest BCUT2D eigenvalue weighted by molar-refractivity contribution is 5.83. The Morgan fingerprint density at radius 2 is 1.78 bits per heavy atom. The Morgan fingerprint density at radius 3 is 2.46 bits per heavy atom. The van der Waals surface area contributed by atoms with Gasteiger partial charge in [-0.15, -0.1) is 0 Å². The molecule has 1 aliphatic heterocycles. The Balaban J connectivity index is 1.43. The zero-order valence-electron chi connectivity index (χ0n) is 21.4. The van der Waals surface area contributed by atoms with Crippen LogP contribution in [0.1, 0.15) is 43.0 Å². The van der Waals surface area contributed by atoms with Gasteiger partial charge in [-0.1, -0.05) is 42.5 Å². The Hall–Kier alpha value is -3.87. The highest BCUT2D eigenvalue weighted by Gasteiger charge is 2.36. The molecule has 0 fully saturated rings. The molecular weight excluding hydrogens is 473 g/mol. The number of ether oxygens (including phenoxy) is 2. The monoisotopic (exact) mass is 505 g/mol. The third-order valence-corrected chi connectivity index (χ3v) is 6.27. The molecular formula is C30H32FNO5. The smallest absolute Gasteiger partial charge is 0.323 e. The van der Waals surface area contributed by atoms with Crippen molar-refractivity contribution in [2.24, 2.45) is 0 Å². The number of rotatable bonds is 10. The molecule has 1 atom stereocenters. The first-order valence-electron chi connectivity index (χ1n) is 12.4. The molecule has 3 aromatic rings. The number of carboxylic acid groups (broad SMARTS) is 1. The maximum atomic E-state index is 14.2. The summed E-state index contributed by atoms with van der Waals surface area (Å²) in [6.45, 7) is 5.63. The number of amides is 1. The number of benzene rings is 3. The molecule has 37 heavy (non-hydrogen) atoms. The summed E-state index contributed by atoms with van der Waals surface area (Å²) >= 11 is 0. The van der Waals surface area contributed by atoms with E-state index in [2.05, 4.69) is 0 Å². The summed E-state index contributed by atoms with van der Waals surface area (Å²) < 4.78 is 26.0. The van der Waals surface area contributed by atoms with E-state index in [4.69, 9.17) is 9.47 Å². The van der Waals surface area contributed by atoms with Gasteiger partial charge in [0.05, 0.1) is 12.5 Å². The van der Waals surface area contributed by atoms with Crippen molar-refractivity contribution in [2.75, 3.05) is 6.54 Å². The molecule has 6 nitrogen and oxygen atoms in total. The second-order valence-electron chi connectivity index (χ2n) is 10.1. The first kappa shape index (κ1) is 26.2. The normalized spacial score (nSPS) is 16.2. The first-order valence-corrected chi connectivity index (χ1v) is 12.4. The summed E-state index contributed by atoms with van der Waals surface area (Å²) in [5.41, 5.74) is 2.56. The Kier molecular flexibility index (Phi) is 7.81. The van der Waals surface area contributed by atoms with Crippen LogP contribution in [0.15, 0.2) is 66.7 Å². The van der Waals surface area contributed by atoms with Gasteiger partial charge in [-0.3, -0.25) is 9.59 Å². The zero-order chi connectivity index (χ0) is 26.6. The average molecular weight is 506 g/mol. The van der Waals surface area contributed by atoms with Crippen LogP contribution in [0.5, 0.6) is 11.5 Å². The second kappa shape index (κ2) is 11.0. The number of halogens is 1. The van der Waals surface area contributed by atoms with Gasteiger partial charge in [0.2, 0.25) is 5.91 Å². The van der Waals surface area contributed by atoms with Crippen LogP contribution in [0, 0.1) is 5.82 Å². The van der Waals surface area contributed by atoms with Gasteiger partial charge in [0, 0.05) is 19.4 Å². The molecule has 1 heterocycles. The van der Waals surface area contributed by atoms with Crippen LogP contribution in [0.2, 0.25) is 0 Å². The average Bonchev–Trinajstić information content (AvgIpc) is 3.16. The van der Waals surface area contributed by atoms with Crippen molar-refractivity contribution in [3.8, 4) is 11.5 Å². The summed E-state index contributed by atoms with van der Waals surface area (Å²) in [7, 11) is 0. The van der Waals surface area contributed by atoms with E-state index in [1.807, 2.05) is 69.3 Å². The predicted molar refractivity (Wildman–Crippen MR) is 138 cm³/mol. The van der Waals surface area contributed by atoms with Crippen LogP contribution >= 0.6 is 0 Å². The van der Waals surface area contributed by atoms with E-state index >= 15 is 0 Å². The Morgan fingerprint density at radius 1 is 1.08 bits per heavy atom. The number of aliphatic carboxylic acids is 1. The quantitative estimate of drug-likeness (QED) is 0.410. The molecule has 1 unspecified atom stereocenters. The third-order valence-electron chi connectivity index (χ3n) is 6.27. The van der Waals surface area contributed by atoms with Gasteiger partial charge in [0.25, 0.3) is 0 Å². The standard InChI is InChI=1S/C30H32FNO5/c1-20(2)36-25-11-8-21(9-12-25)18-32(19-29(34)35)28(33)15-22-10-13-27-24(14-22)17-30(3,37-27)16-23-6-4-5-7-26(23)31/h4-14,20H,15-19H2,1-3H3,(H,34,35). The first-order chi connectivity index (χ1) is 17.6. The van der Waals surface area contributed by atoms with Gasteiger partial charge in [0.15, 0.2) is 0 Å². The number of carbonyl (C=O) groups excluding carboxylic acids is 1. The second-order valence-corrected chi connectivity index (χ2v) is 10.1. The SMILES string of the molecule is CC(C)Oc1ccc(CN(CC(=O)O)C(=O)Cc2ccc3c(c2)CC(C)(Cc2ccccc2F)O3)cc1. The minimum atomic E-state index is -1.07. The van der Waals surface area contributed by atoms with E-state index in [9.17, 15) is 19.1 Å². The molecule has 4 rings (SSSR count). The fourth-order valence-corrected chi connectivity index (χ4v) is 4.68. The zero-order valence-corrected chi connectivity index (χ0v) is 21.4. The lowest BCUT2D eigenvalue weighted by Gasteiger charge is -2.24. The van der Waals surface area contributed by atoms with E-state index in [1.54, 1.807) is 12.1 Å². The van der Waals surface area contributed by atoms with Gasteiger partial charge in [-0.05, 0) is 67.3 Å². The molecule has 0 radical (unpaired) electrons. The van der Waals surface area contributed by atoms with Gasteiger partial charge in [-0.2, -0.15) is 0 Å². The van der Waals surface area contributed by atoms with E-state index in [1.165, 1.54) is 11.0 Å². The highest BCUT2D eigenvalue weighted by Crippen LogP contribution is 2.38. The van der Waals surface area contributed by atoms with Crippen molar-refractivity contribution in [3.63, 3.8) is 0 Å². The van der Waals surface area contributed by atoms with Gasteiger partial charge < -0.3 is 19.5 Å². The van der Waals surface area contributed by atoms with Gasteiger partial charge in [-0.25, -0.2) is 4.39 Å². The Labute approximate surface area is 216 Å². The maximum absolute atomic E-state index is 14.2. The van der Waals surface area contributed by atoms with Crippen LogP contribution in [0.4, 0.5) is 4.39 Å². The lowest BCUT2D eigenvalue weighted by atomic mass is 9.91. The molecule has 194 valence electrons. The summed E-state index contributed by atoms with van der Waals surface area (Å²) in [5.74, 6) is -0.161. The molecule has 0 spiro atoms. The molecule has 1 amide bonds. The maximum Gasteiger partial charge on any atom is 0.323 e. The molecule has 0 aromatic heterocycles. The van der Waals surface area contributed by atoms with Crippen LogP contribution in [-0.4, -0.2) is 40.1 Å². The summed E-state index contributed by atoms with van der Waals surface area (Å²) in [6, 6.07) is 19.6. The van der Waals surface area contributed by atoms with E-state index in [-0.39, 0.29) is 30.8 Å². The van der Waals surface area contributed by atoms with Crippen LogP contribution < -0.4 is 9.47 Å². The molecule has 0 aliphatic carbocycles. The Bertz CT molecular complexity index is 1270. The van der Waals surface area contributed by atoms with Crippen LogP contribution in [0.25, 0.3) is 0 Å². The van der Waals surface area contributed by atoms with Crippen LogP contribution in [0.3, 0.4) is 0 Å². The largest absolute Gasteiger partial charge is 0.491 e. The third kappa shape index (κ3) is 6.88. The molecule has 0 saturated carbocycles. The molecule has 7 heteroatoms. The molecule has 1 N–H and O–H groups in total. The van der Waals surface area contributed by atoms with Crippen molar-refractivity contribution in [1.29, 1.82) is 0 Å². The van der Waals surface area contributed by atoms with Gasteiger partial charge in [0.1, 0.15) is 29.5 Å². The minimum absolute atomic E-state index is 0.0472. The van der Waals surface area contributed by atoms with Crippen LogP contribution in [-0.2, 0) is 35.4 Å². The number of fused-ring (bicyclic) bond motifs is 1.